The van der Waals surface area contributed by atoms with Crippen LogP contribution in [0, 0.1) is 0 Å². The van der Waals surface area contributed by atoms with Crippen molar-refractivity contribution in [2.75, 3.05) is 5.75 Å². The predicted molar refractivity (Wildman–Crippen MR) is 83.8 cm³/mol. The van der Waals surface area contributed by atoms with Gasteiger partial charge in [0.25, 0.3) is 0 Å². The van der Waals surface area contributed by atoms with E-state index in [1.165, 1.54) is 11.3 Å². The summed E-state index contributed by atoms with van der Waals surface area (Å²) >= 11 is 1.38. The zero-order valence-corrected chi connectivity index (χ0v) is 13.6. The van der Waals surface area contributed by atoms with Gasteiger partial charge in [-0.1, -0.05) is 6.07 Å². The number of hydrogen-bond donors (Lipinski definition) is 1. The minimum atomic E-state index is -3.27. The van der Waals surface area contributed by atoms with Gasteiger partial charge in [0, 0.05) is 11.6 Å². The van der Waals surface area contributed by atoms with E-state index in [9.17, 15) is 13.5 Å². The number of aliphatic hydroxyl groups is 1. The van der Waals surface area contributed by atoms with Crippen LogP contribution in [0.25, 0.3) is 10.7 Å². The smallest absolute Gasteiger partial charge is 0.156 e. The number of nitrogens with zero attached hydrogens (tertiary/aromatic N) is 2. The van der Waals surface area contributed by atoms with Crippen LogP contribution in [0.3, 0.4) is 0 Å². The van der Waals surface area contributed by atoms with Crippen LogP contribution in [0.15, 0.2) is 29.8 Å². The minimum Gasteiger partial charge on any atom is -0.390 e. The summed E-state index contributed by atoms with van der Waals surface area (Å²) in [4.78, 5) is 8.52. The highest BCUT2D eigenvalue weighted by Gasteiger charge is 2.20. The molecule has 7 heteroatoms. The lowest BCUT2D eigenvalue weighted by Gasteiger charge is -2.16. The van der Waals surface area contributed by atoms with Crippen LogP contribution < -0.4 is 0 Å². The van der Waals surface area contributed by atoms with Crippen molar-refractivity contribution in [3.63, 3.8) is 0 Å². The van der Waals surface area contributed by atoms with Crippen molar-refractivity contribution in [3.05, 3.63) is 35.5 Å². The molecule has 0 saturated carbocycles. The highest BCUT2D eigenvalue weighted by atomic mass is 32.2. The third-order valence-corrected chi connectivity index (χ3v) is 5.30. The molecule has 2 heterocycles. The van der Waals surface area contributed by atoms with Gasteiger partial charge in [0.05, 0.1) is 28.5 Å². The lowest BCUT2D eigenvalue weighted by atomic mass is 10.1. The van der Waals surface area contributed by atoms with Crippen LogP contribution in [-0.4, -0.2) is 34.8 Å². The molecular formula is C14H18N2O3S2. The number of thiazole rings is 1. The van der Waals surface area contributed by atoms with E-state index in [1.54, 1.807) is 25.4 Å². The highest BCUT2D eigenvalue weighted by Crippen LogP contribution is 2.22. The van der Waals surface area contributed by atoms with Gasteiger partial charge in [-0.05, 0) is 32.4 Å². The number of pyridine rings is 1. The maximum atomic E-state index is 12.0. The second-order valence-corrected chi connectivity index (χ2v) is 8.56. The molecule has 2 aromatic heterocycles. The minimum absolute atomic E-state index is 0.0487. The molecule has 1 N–H and O–H groups in total. The third kappa shape index (κ3) is 5.18. The molecule has 21 heavy (non-hydrogen) atoms. The van der Waals surface area contributed by atoms with Crippen molar-refractivity contribution in [1.29, 1.82) is 0 Å². The van der Waals surface area contributed by atoms with Crippen molar-refractivity contribution >= 4 is 21.2 Å². The molecule has 0 amide bonds. The van der Waals surface area contributed by atoms with E-state index in [0.29, 0.717) is 10.7 Å². The Balaban J connectivity index is 2.06. The van der Waals surface area contributed by atoms with E-state index in [4.69, 9.17) is 0 Å². The average molecular weight is 326 g/mol. The van der Waals surface area contributed by atoms with Crippen LogP contribution in [0.4, 0.5) is 0 Å². The van der Waals surface area contributed by atoms with Crippen molar-refractivity contribution in [2.45, 2.75) is 31.6 Å². The molecule has 0 saturated heterocycles. The van der Waals surface area contributed by atoms with Crippen molar-refractivity contribution in [3.8, 4) is 10.7 Å². The van der Waals surface area contributed by atoms with E-state index < -0.39 is 15.4 Å². The Kier molecular flexibility index (Phi) is 4.75. The van der Waals surface area contributed by atoms with Gasteiger partial charge in [-0.15, -0.1) is 11.3 Å². The van der Waals surface area contributed by atoms with E-state index in [1.807, 2.05) is 18.2 Å². The zero-order valence-electron chi connectivity index (χ0n) is 12.0. The second kappa shape index (κ2) is 6.21. The quantitative estimate of drug-likeness (QED) is 0.881. The second-order valence-electron chi connectivity index (χ2n) is 5.51. The molecule has 5 nitrogen and oxygen atoms in total. The van der Waals surface area contributed by atoms with E-state index in [0.717, 1.165) is 5.69 Å². The Labute approximate surface area is 128 Å². The summed E-state index contributed by atoms with van der Waals surface area (Å²) in [5.41, 5.74) is 0.285. The molecule has 0 unspecified atom stereocenters. The molecule has 0 spiro atoms. The predicted octanol–water partition coefficient (Wildman–Crippen LogP) is 2.28. The van der Waals surface area contributed by atoms with Gasteiger partial charge in [-0.2, -0.15) is 0 Å². The first-order valence-corrected chi connectivity index (χ1v) is 9.24. The van der Waals surface area contributed by atoms with Crippen molar-refractivity contribution in [1.82, 2.24) is 9.97 Å². The van der Waals surface area contributed by atoms with Gasteiger partial charge in [-0.25, -0.2) is 13.4 Å². The fourth-order valence-electron chi connectivity index (χ4n) is 1.68. The topological polar surface area (TPSA) is 80.1 Å². The molecule has 0 radical (unpaired) electrons. The number of rotatable bonds is 6. The first kappa shape index (κ1) is 16.1. The SMILES string of the molecule is CC(C)(O)CCS(=O)(=O)Cc1csc(-c2ccccn2)n1. The molecule has 114 valence electrons. The number of sulfone groups is 1. The molecule has 0 fully saturated rings. The Bertz CT molecular complexity index is 689. The third-order valence-electron chi connectivity index (χ3n) is 2.83. The summed E-state index contributed by atoms with van der Waals surface area (Å²) < 4.78 is 24.1. The lowest BCUT2D eigenvalue weighted by molar-refractivity contribution is 0.0772. The lowest BCUT2D eigenvalue weighted by Crippen LogP contribution is -2.24. The van der Waals surface area contributed by atoms with Gasteiger partial charge < -0.3 is 5.11 Å². The Morgan fingerprint density at radius 1 is 1.33 bits per heavy atom. The maximum absolute atomic E-state index is 12.0. The van der Waals surface area contributed by atoms with Crippen LogP contribution in [0.1, 0.15) is 26.0 Å². The summed E-state index contributed by atoms with van der Waals surface area (Å²) in [5, 5.41) is 12.1. The van der Waals surface area contributed by atoms with Gasteiger partial charge in [-0.3, -0.25) is 4.98 Å². The molecule has 0 aliphatic rings. The summed E-state index contributed by atoms with van der Waals surface area (Å²) in [7, 11) is -3.27. The number of aromatic nitrogens is 2. The van der Waals surface area contributed by atoms with Gasteiger partial charge in [0.15, 0.2) is 9.84 Å². The summed E-state index contributed by atoms with van der Waals surface area (Å²) in [6.45, 7) is 3.20. The Morgan fingerprint density at radius 3 is 2.71 bits per heavy atom. The first-order chi connectivity index (χ1) is 9.75. The molecule has 0 atom stereocenters. The average Bonchev–Trinajstić information content (AvgIpc) is 2.85. The van der Waals surface area contributed by atoms with E-state index in [2.05, 4.69) is 9.97 Å². The van der Waals surface area contributed by atoms with Crippen LogP contribution >= 0.6 is 11.3 Å². The maximum Gasteiger partial charge on any atom is 0.156 e. The normalized spacial score (nSPS) is 12.5. The monoisotopic (exact) mass is 326 g/mol. The standard InChI is InChI=1S/C14H18N2O3S2/c1-14(2,17)6-8-21(18,19)10-11-9-20-13(16-11)12-5-3-4-7-15-12/h3-5,7,9,17H,6,8,10H2,1-2H3. The molecule has 0 bridgehead atoms. The van der Waals surface area contributed by atoms with Gasteiger partial charge in [0.1, 0.15) is 5.01 Å². The fraction of sp³-hybridized carbons (Fsp3) is 0.429. The fourth-order valence-corrected chi connectivity index (χ4v) is 4.14. The largest absolute Gasteiger partial charge is 0.390 e. The van der Waals surface area contributed by atoms with E-state index >= 15 is 0 Å². The summed E-state index contributed by atoms with van der Waals surface area (Å²) in [6.07, 6.45) is 1.89. The Morgan fingerprint density at radius 2 is 2.10 bits per heavy atom. The Hall–Kier alpha value is -1.31. The molecular weight excluding hydrogens is 308 g/mol. The van der Waals surface area contributed by atoms with Gasteiger partial charge in [0.2, 0.25) is 0 Å². The summed E-state index contributed by atoms with van der Waals surface area (Å²) in [6, 6.07) is 5.52. The van der Waals surface area contributed by atoms with Crippen molar-refractivity contribution in [2.24, 2.45) is 0 Å². The van der Waals surface area contributed by atoms with Crippen molar-refractivity contribution < 1.29 is 13.5 Å². The van der Waals surface area contributed by atoms with Gasteiger partial charge >= 0.3 is 0 Å². The summed E-state index contributed by atoms with van der Waals surface area (Å²) in [5.74, 6) is -0.153. The van der Waals surface area contributed by atoms with Crippen LogP contribution in [0.2, 0.25) is 0 Å². The van der Waals surface area contributed by atoms with Crippen LogP contribution in [0.5, 0.6) is 0 Å². The highest BCUT2D eigenvalue weighted by molar-refractivity contribution is 7.90. The van der Waals surface area contributed by atoms with Crippen LogP contribution in [-0.2, 0) is 15.6 Å². The molecule has 0 aromatic carbocycles. The molecule has 2 rings (SSSR count). The molecule has 2 aromatic rings. The van der Waals surface area contributed by atoms with E-state index in [-0.39, 0.29) is 17.9 Å². The first-order valence-electron chi connectivity index (χ1n) is 6.54. The zero-order chi connectivity index (χ0) is 15.5. The number of hydrogen-bond acceptors (Lipinski definition) is 6. The molecule has 0 aliphatic carbocycles. The molecule has 0 aliphatic heterocycles.